The Labute approximate surface area is 146 Å². The molecule has 0 fully saturated rings. The standard InChI is InChI=1S/C17H11Cl2F3N2/c1-24-9-15(16(23-24)17(20,21)22)14-5-3-2-4-13(14)10-6-11(18)8-12(19)7-10/h2-9H,1H3. The zero-order chi connectivity index (χ0) is 17.5. The molecule has 0 atom stereocenters. The van der Waals surface area contributed by atoms with Crippen molar-refractivity contribution in [2.45, 2.75) is 6.18 Å². The van der Waals surface area contributed by atoms with Gasteiger partial charge in [-0.15, -0.1) is 0 Å². The van der Waals surface area contributed by atoms with Gasteiger partial charge in [-0.3, -0.25) is 4.68 Å². The Morgan fingerprint density at radius 1 is 0.917 bits per heavy atom. The minimum atomic E-state index is -4.55. The lowest BCUT2D eigenvalue weighted by Crippen LogP contribution is -2.08. The highest BCUT2D eigenvalue weighted by molar-refractivity contribution is 6.35. The number of rotatable bonds is 2. The molecule has 124 valence electrons. The van der Waals surface area contributed by atoms with Crippen LogP contribution in [0, 0.1) is 0 Å². The molecule has 0 bridgehead atoms. The van der Waals surface area contributed by atoms with Gasteiger partial charge in [0.2, 0.25) is 0 Å². The molecule has 0 spiro atoms. The summed E-state index contributed by atoms with van der Waals surface area (Å²) in [5, 5.41) is 4.39. The monoisotopic (exact) mass is 370 g/mol. The molecular formula is C17H11Cl2F3N2. The SMILES string of the molecule is Cn1cc(-c2ccccc2-c2cc(Cl)cc(Cl)c2)c(C(F)(F)F)n1. The molecule has 24 heavy (non-hydrogen) atoms. The topological polar surface area (TPSA) is 17.8 Å². The summed E-state index contributed by atoms with van der Waals surface area (Å²) in [4.78, 5) is 0. The van der Waals surface area contributed by atoms with Crippen LogP contribution in [0.25, 0.3) is 22.3 Å². The second-order valence-electron chi connectivity index (χ2n) is 5.27. The zero-order valence-electron chi connectivity index (χ0n) is 12.4. The highest BCUT2D eigenvalue weighted by Gasteiger charge is 2.37. The highest BCUT2D eigenvalue weighted by Crippen LogP contribution is 2.40. The average Bonchev–Trinajstić information content (AvgIpc) is 2.88. The summed E-state index contributed by atoms with van der Waals surface area (Å²) in [6, 6.07) is 11.7. The first-order chi connectivity index (χ1) is 11.3. The van der Waals surface area contributed by atoms with Crippen molar-refractivity contribution in [2.75, 3.05) is 0 Å². The van der Waals surface area contributed by atoms with Crippen molar-refractivity contribution in [3.05, 3.63) is 64.4 Å². The van der Waals surface area contributed by atoms with Crippen LogP contribution in [-0.4, -0.2) is 9.78 Å². The number of halogens is 5. The largest absolute Gasteiger partial charge is 0.435 e. The second kappa shape index (κ2) is 6.15. The van der Waals surface area contributed by atoms with Gasteiger partial charge in [0, 0.05) is 28.9 Å². The summed E-state index contributed by atoms with van der Waals surface area (Å²) in [6.45, 7) is 0. The van der Waals surface area contributed by atoms with Gasteiger partial charge in [0.05, 0.1) is 0 Å². The number of hydrogen-bond acceptors (Lipinski definition) is 1. The van der Waals surface area contributed by atoms with Gasteiger partial charge in [-0.05, 0) is 34.9 Å². The Balaban J connectivity index is 2.25. The molecule has 0 aliphatic rings. The molecule has 0 radical (unpaired) electrons. The summed E-state index contributed by atoms with van der Waals surface area (Å²) in [7, 11) is 1.46. The molecular weight excluding hydrogens is 360 g/mol. The van der Waals surface area contributed by atoms with Gasteiger partial charge in [0.15, 0.2) is 5.69 Å². The first-order valence-electron chi connectivity index (χ1n) is 6.92. The number of aryl methyl sites for hydroxylation is 1. The molecule has 0 saturated heterocycles. The lowest BCUT2D eigenvalue weighted by molar-refractivity contribution is -0.140. The van der Waals surface area contributed by atoms with Crippen LogP contribution in [0.1, 0.15) is 5.69 Å². The number of alkyl halides is 3. The van der Waals surface area contributed by atoms with E-state index in [1.54, 1.807) is 42.5 Å². The van der Waals surface area contributed by atoms with Gasteiger partial charge in [0.1, 0.15) is 0 Å². The molecule has 3 aromatic rings. The number of nitrogens with zero attached hydrogens (tertiary/aromatic N) is 2. The highest BCUT2D eigenvalue weighted by atomic mass is 35.5. The van der Waals surface area contributed by atoms with E-state index in [4.69, 9.17) is 23.2 Å². The van der Waals surface area contributed by atoms with Crippen LogP contribution in [-0.2, 0) is 13.2 Å². The Kier molecular flexibility index (Phi) is 4.32. The van der Waals surface area contributed by atoms with Gasteiger partial charge in [-0.25, -0.2) is 0 Å². The Hall–Kier alpha value is -1.98. The molecule has 0 saturated carbocycles. The fourth-order valence-corrected chi connectivity index (χ4v) is 3.10. The Morgan fingerprint density at radius 2 is 1.50 bits per heavy atom. The second-order valence-corrected chi connectivity index (χ2v) is 6.14. The third-order valence-electron chi connectivity index (χ3n) is 3.49. The maximum Gasteiger partial charge on any atom is 0.435 e. The molecule has 0 aliphatic heterocycles. The lowest BCUT2D eigenvalue weighted by Gasteiger charge is -2.12. The van der Waals surface area contributed by atoms with Crippen molar-refractivity contribution in [1.82, 2.24) is 9.78 Å². The van der Waals surface area contributed by atoms with Crippen molar-refractivity contribution in [3.63, 3.8) is 0 Å². The molecule has 1 aromatic heterocycles. The number of aromatic nitrogens is 2. The Bertz CT molecular complexity index is 881. The molecule has 0 N–H and O–H groups in total. The minimum Gasteiger partial charge on any atom is -0.275 e. The van der Waals surface area contributed by atoms with E-state index in [1.807, 2.05) is 0 Å². The maximum atomic E-state index is 13.3. The summed E-state index contributed by atoms with van der Waals surface area (Å²) < 4.78 is 41.0. The number of benzene rings is 2. The van der Waals surface area contributed by atoms with Crippen LogP contribution < -0.4 is 0 Å². The molecule has 0 unspecified atom stereocenters. The van der Waals surface area contributed by atoms with Crippen molar-refractivity contribution in [3.8, 4) is 22.3 Å². The predicted octanol–water partition coefficient (Wildman–Crippen LogP) is 6.08. The minimum absolute atomic E-state index is 0.0108. The van der Waals surface area contributed by atoms with E-state index < -0.39 is 11.9 Å². The fourth-order valence-electron chi connectivity index (χ4n) is 2.57. The number of hydrogen-bond donors (Lipinski definition) is 0. The van der Waals surface area contributed by atoms with Gasteiger partial charge < -0.3 is 0 Å². The first-order valence-corrected chi connectivity index (χ1v) is 7.68. The summed E-state index contributed by atoms with van der Waals surface area (Å²) in [5.74, 6) is 0. The van der Waals surface area contributed by atoms with Crippen LogP contribution in [0.15, 0.2) is 48.7 Å². The van der Waals surface area contributed by atoms with E-state index in [2.05, 4.69) is 5.10 Å². The van der Waals surface area contributed by atoms with Crippen LogP contribution >= 0.6 is 23.2 Å². The third kappa shape index (κ3) is 3.28. The lowest BCUT2D eigenvalue weighted by atomic mass is 9.95. The Morgan fingerprint density at radius 3 is 2.08 bits per heavy atom. The van der Waals surface area contributed by atoms with E-state index in [-0.39, 0.29) is 5.56 Å². The van der Waals surface area contributed by atoms with E-state index in [1.165, 1.54) is 13.2 Å². The van der Waals surface area contributed by atoms with Crippen LogP contribution in [0.4, 0.5) is 13.2 Å². The molecule has 0 aliphatic carbocycles. The van der Waals surface area contributed by atoms with Crippen molar-refractivity contribution in [1.29, 1.82) is 0 Å². The van der Waals surface area contributed by atoms with Gasteiger partial charge in [-0.2, -0.15) is 18.3 Å². The molecule has 7 heteroatoms. The quantitative estimate of drug-likeness (QED) is 0.534. The van der Waals surface area contributed by atoms with Gasteiger partial charge in [-0.1, -0.05) is 47.5 Å². The fraction of sp³-hybridized carbons (Fsp3) is 0.118. The summed E-state index contributed by atoms with van der Waals surface area (Å²) in [6.07, 6.45) is -3.19. The third-order valence-corrected chi connectivity index (χ3v) is 3.92. The van der Waals surface area contributed by atoms with Crippen molar-refractivity contribution in [2.24, 2.45) is 7.05 Å². The van der Waals surface area contributed by atoms with E-state index >= 15 is 0 Å². The normalized spacial score (nSPS) is 11.8. The molecule has 1 heterocycles. The van der Waals surface area contributed by atoms with E-state index in [9.17, 15) is 13.2 Å². The van der Waals surface area contributed by atoms with Crippen LogP contribution in [0.3, 0.4) is 0 Å². The molecule has 0 amide bonds. The van der Waals surface area contributed by atoms with E-state index in [0.29, 0.717) is 26.7 Å². The molecule has 2 aromatic carbocycles. The molecule has 2 nitrogen and oxygen atoms in total. The summed E-state index contributed by atoms with van der Waals surface area (Å²) in [5.41, 5.74) is 0.735. The van der Waals surface area contributed by atoms with Gasteiger partial charge in [0.25, 0.3) is 0 Å². The zero-order valence-corrected chi connectivity index (χ0v) is 13.9. The van der Waals surface area contributed by atoms with E-state index in [0.717, 1.165) is 4.68 Å². The van der Waals surface area contributed by atoms with Crippen LogP contribution in [0.5, 0.6) is 0 Å². The maximum absolute atomic E-state index is 13.3. The summed E-state index contributed by atoms with van der Waals surface area (Å²) >= 11 is 12.1. The smallest absolute Gasteiger partial charge is 0.275 e. The molecule has 3 rings (SSSR count). The van der Waals surface area contributed by atoms with Crippen molar-refractivity contribution >= 4 is 23.2 Å². The van der Waals surface area contributed by atoms with Crippen molar-refractivity contribution < 1.29 is 13.2 Å². The average molecular weight is 371 g/mol. The van der Waals surface area contributed by atoms with Crippen LogP contribution in [0.2, 0.25) is 10.0 Å². The predicted molar refractivity (Wildman–Crippen MR) is 89.1 cm³/mol. The first kappa shape index (κ1) is 16.9. The van der Waals surface area contributed by atoms with Gasteiger partial charge >= 0.3 is 6.18 Å².